The molecule has 0 rings (SSSR count). The van der Waals surface area contributed by atoms with Gasteiger partial charge in [0.05, 0.1) is 26.4 Å². The number of phosphoric acid groups is 2. The van der Waals surface area contributed by atoms with Crippen molar-refractivity contribution in [2.45, 2.75) is 400 Å². The van der Waals surface area contributed by atoms with Crippen molar-refractivity contribution in [3.63, 3.8) is 0 Å². The first-order chi connectivity index (χ1) is 46.5. The van der Waals surface area contributed by atoms with Crippen molar-refractivity contribution in [3.8, 4) is 0 Å². The number of hydrogen-bond acceptors (Lipinski definition) is 15. The van der Waals surface area contributed by atoms with E-state index in [1.165, 1.54) is 186 Å². The summed E-state index contributed by atoms with van der Waals surface area (Å²) < 4.78 is 68.5. The van der Waals surface area contributed by atoms with Gasteiger partial charge in [0, 0.05) is 25.7 Å². The second-order valence-electron chi connectivity index (χ2n) is 27.5. The average molecular weight is 1410 g/mol. The van der Waals surface area contributed by atoms with E-state index in [-0.39, 0.29) is 25.7 Å². The minimum Gasteiger partial charge on any atom is -0.462 e. The average Bonchev–Trinajstić information content (AvgIpc) is 1.15. The third kappa shape index (κ3) is 70.0. The largest absolute Gasteiger partial charge is 0.472 e. The molecule has 5 atom stereocenters. The van der Waals surface area contributed by atoms with Crippen molar-refractivity contribution in [1.82, 2.24) is 0 Å². The molecule has 0 aliphatic rings. The van der Waals surface area contributed by atoms with E-state index in [0.717, 1.165) is 115 Å². The summed E-state index contributed by atoms with van der Waals surface area (Å²) in [7, 11) is -9.92. The van der Waals surface area contributed by atoms with Crippen molar-refractivity contribution in [3.05, 3.63) is 24.3 Å². The summed E-state index contributed by atoms with van der Waals surface area (Å²) in [4.78, 5) is 72.8. The van der Waals surface area contributed by atoms with Crippen molar-refractivity contribution < 1.29 is 80.2 Å². The molecule has 566 valence electrons. The molecule has 0 aromatic rings. The highest BCUT2D eigenvalue weighted by molar-refractivity contribution is 7.47. The Balaban J connectivity index is 5.28. The molecule has 0 heterocycles. The Morgan fingerprint density at radius 2 is 0.562 bits per heavy atom. The van der Waals surface area contributed by atoms with Crippen LogP contribution >= 0.6 is 15.6 Å². The van der Waals surface area contributed by atoms with Gasteiger partial charge in [0.25, 0.3) is 0 Å². The quantitative estimate of drug-likeness (QED) is 0.0169. The Morgan fingerprint density at radius 1 is 0.323 bits per heavy atom. The summed E-state index contributed by atoms with van der Waals surface area (Å²) in [5, 5.41) is 10.6. The minimum absolute atomic E-state index is 0.102. The lowest BCUT2D eigenvalue weighted by atomic mass is 10.0. The van der Waals surface area contributed by atoms with Crippen molar-refractivity contribution in [1.29, 1.82) is 0 Å². The second-order valence-corrected chi connectivity index (χ2v) is 30.4. The van der Waals surface area contributed by atoms with Gasteiger partial charge in [0.1, 0.15) is 19.3 Å². The topological polar surface area (TPSA) is 237 Å². The number of ether oxygens (including phenoxy) is 4. The second kappa shape index (κ2) is 69.6. The van der Waals surface area contributed by atoms with Gasteiger partial charge in [-0.1, -0.05) is 329 Å². The molecule has 0 saturated heterocycles. The minimum atomic E-state index is -4.96. The van der Waals surface area contributed by atoms with Crippen LogP contribution in [0.1, 0.15) is 381 Å². The third-order valence-corrected chi connectivity index (χ3v) is 19.3. The number of unbranched alkanes of at least 4 members (excludes halogenated alkanes) is 44. The molecule has 96 heavy (non-hydrogen) atoms. The molecule has 0 amide bonds. The number of carbonyl (C=O) groups excluding carboxylic acids is 4. The fourth-order valence-electron chi connectivity index (χ4n) is 11.3. The van der Waals surface area contributed by atoms with Crippen LogP contribution in [0.2, 0.25) is 0 Å². The molecule has 0 fully saturated rings. The molecule has 3 N–H and O–H groups in total. The number of aliphatic hydroxyl groups is 1. The van der Waals surface area contributed by atoms with Gasteiger partial charge in [-0.2, -0.15) is 0 Å². The zero-order valence-corrected chi connectivity index (χ0v) is 63.8. The molecule has 17 nitrogen and oxygen atoms in total. The maximum Gasteiger partial charge on any atom is 0.472 e. The van der Waals surface area contributed by atoms with Crippen LogP contribution in [-0.4, -0.2) is 96.7 Å². The summed E-state index contributed by atoms with van der Waals surface area (Å²) >= 11 is 0. The normalized spacial score (nSPS) is 14.1. The number of rotatable bonds is 75. The molecule has 0 aliphatic carbocycles. The summed E-state index contributed by atoms with van der Waals surface area (Å²) in [5.41, 5.74) is 0. The Hall–Kier alpha value is -2.46. The Labute approximate surface area is 586 Å². The fraction of sp³-hybridized carbons (Fsp3) is 0.896. The number of allylic oxidation sites excluding steroid dienone is 4. The molecule has 0 saturated carbocycles. The van der Waals surface area contributed by atoms with Gasteiger partial charge in [-0.3, -0.25) is 37.3 Å². The van der Waals surface area contributed by atoms with Gasteiger partial charge in [0.15, 0.2) is 12.2 Å². The van der Waals surface area contributed by atoms with Crippen LogP contribution in [0.4, 0.5) is 0 Å². The summed E-state index contributed by atoms with van der Waals surface area (Å²) in [6, 6.07) is 0. The first-order valence-electron chi connectivity index (χ1n) is 39.5. The van der Waals surface area contributed by atoms with Gasteiger partial charge in [-0.15, -0.1) is 0 Å². The lowest BCUT2D eigenvalue weighted by molar-refractivity contribution is -0.161. The van der Waals surface area contributed by atoms with E-state index >= 15 is 0 Å². The fourth-order valence-corrected chi connectivity index (χ4v) is 12.9. The molecular formula is C77H146O17P2. The molecule has 0 aromatic heterocycles. The summed E-state index contributed by atoms with van der Waals surface area (Å²) in [6.45, 7) is 7.20. The summed E-state index contributed by atoms with van der Waals surface area (Å²) in [5.74, 6) is -1.42. The van der Waals surface area contributed by atoms with E-state index in [4.69, 9.17) is 37.0 Å². The van der Waals surface area contributed by atoms with E-state index in [0.29, 0.717) is 25.7 Å². The van der Waals surface area contributed by atoms with Gasteiger partial charge in [-0.25, -0.2) is 9.13 Å². The molecule has 0 aliphatic heterocycles. The molecule has 0 bridgehead atoms. The standard InChI is InChI=1S/C77H146O17P2/c1-6-9-12-15-18-21-24-27-29-30-31-33-35-38-41-48-53-58-63-77(82)93-72(66-87-74(79)60-55-50-45-39-37-34-32-28-25-22-19-16-13-10-7-2)68-91-95(83,84)89-64-71(78)65-90-96(85,86)92-69-73(67-88-75(80)61-56-51-46-43-42-44-49-54-59-70(4)5)94-76(81)62-57-52-47-40-36-26-23-20-17-14-11-8-3/h22,25,28,32,70-73,78H,6-21,23-24,26-27,29-31,33-69H2,1-5H3,(H,83,84)(H,85,86)/b25-22-,32-28-/t71-,72-,73-/m1/s1. The van der Waals surface area contributed by atoms with Gasteiger partial charge < -0.3 is 33.8 Å². The van der Waals surface area contributed by atoms with Crippen LogP contribution in [-0.2, 0) is 65.4 Å². The van der Waals surface area contributed by atoms with Gasteiger partial charge >= 0.3 is 39.5 Å². The lowest BCUT2D eigenvalue weighted by Crippen LogP contribution is -2.30. The first kappa shape index (κ1) is 93.5. The first-order valence-corrected chi connectivity index (χ1v) is 42.4. The number of carbonyl (C=O) groups is 4. The highest BCUT2D eigenvalue weighted by Crippen LogP contribution is 2.45. The zero-order chi connectivity index (χ0) is 70.5. The van der Waals surface area contributed by atoms with Crippen molar-refractivity contribution in [2.75, 3.05) is 39.6 Å². The van der Waals surface area contributed by atoms with Crippen molar-refractivity contribution in [2.24, 2.45) is 5.92 Å². The van der Waals surface area contributed by atoms with Crippen LogP contribution in [0.3, 0.4) is 0 Å². The zero-order valence-electron chi connectivity index (χ0n) is 62.0. The number of esters is 4. The molecule has 2 unspecified atom stereocenters. The Bertz CT molecular complexity index is 1930. The highest BCUT2D eigenvalue weighted by Gasteiger charge is 2.30. The predicted molar refractivity (Wildman–Crippen MR) is 391 cm³/mol. The monoisotopic (exact) mass is 1410 g/mol. The number of aliphatic hydroxyl groups excluding tert-OH is 1. The van der Waals surface area contributed by atoms with E-state index in [9.17, 15) is 43.2 Å². The lowest BCUT2D eigenvalue weighted by Gasteiger charge is -2.21. The number of phosphoric ester groups is 2. The smallest absolute Gasteiger partial charge is 0.462 e. The SMILES string of the molecule is CCCCCC/C=C\C=C/CCCCCCCC(=O)OC[C@H](COP(=O)(O)OC[C@@H](O)COP(=O)(O)OC[C@@H](COC(=O)CCCCCCCCCCC(C)C)OC(=O)CCCCCCCCCCCCCC)OC(=O)CCCCCCCCCCCCCCCCCCCC. The number of hydrogen-bond donors (Lipinski definition) is 3. The maximum absolute atomic E-state index is 13.1. The van der Waals surface area contributed by atoms with Crippen LogP contribution in [0.15, 0.2) is 24.3 Å². The van der Waals surface area contributed by atoms with Gasteiger partial charge in [0.2, 0.25) is 0 Å². The molecule has 0 radical (unpaired) electrons. The maximum atomic E-state index is 13.1. The van der Waals surface area contributed by atoms with Crippen molar-refractivity contribution >= 4 is 39.5 Å². The predicted octanol–water partition coefficient (Wildman–Crippen LogP) is 22.4. The third-order valence-electron chi connectivity index (χ3n) is 17.4. The van der Waals surface area contributed by atoms with E-state index < -0.39 is 97.5 Å². The Morgan fingerprint density at radius 3 is 0.854 bits per heavy atom. The van der Waals surface area contributed by atoms with Crippen LogP contribution in [0, 0.1) is 5.92 Å². The highest BCUT2D eigenvalue weighted by atomic mass is 31.2. The molecule has 0 aromatic carbocycles. The van der Waals surface area contributed by atoms with E-state index in [1.807, 2.05) is 0 Å². The van der Waals surface area contributed by atoms with E-state index in [1.54, 1.807) is 0 Å². The van der Waals surface area contributed by atoms with Crippen LogP contribution < -0.4 is 0 Å². The summed E-state index contributed by atoms with van der Waals surface area (Å²) in [6.07, 6.45) is 61.8. The van der Waals surface area contributed by atoms with Gasteiger partial charge in [-0.05, 0) is 57.3 Å². The molecule has 0 spiro atoms. The van der Waals surface area contributed by atoms with E-state index in [2.05, 4.69) is 58.9 Å². The molecular weight excluding hydrogens is 1260 g/mol. The Kier molecular flexibility index (Phi) is 67.8. The van der Waals surface area contributed by atoms with Crippen LogP contribution in [0.25, 0.3) is 0 Å². The van der Waals surface area contributed by atoms with Crippen LogP contribution in [0.5, 0.6) is 0 Å². The molecule has 19 heteroatoms.